The third kappa shape index (κ3) is 2.09. The first-order valence-electron chi connectivity index (χ1n) is 6.70. The molecule has 3 heteroatoms. The number of benzene rings is 1. The van der Waals surface area contributed by atoms with E-state index in [2.05, 4.69) is 12.1 Å². The first-order valence-corrected chi connectivity index (χ1v) is 6.70. The van der Waals surface area contributed by atoms with Gasteiger partial charge in [-0.2, -0.15) is 0 Å². The van der Waals surface area contributed by atoms with Gasteiger partial charge in [0.05, 0.1) is 6.42 Å². The van der Waals surface area contributed by atoms with Crippen LogP contribution in [0.2, 0.25) is 0 Å². The third-order valence-corrected chi connectivity index (χ3v) is 4.14. The molecule has 0 spiro atoms. The zero-order valence-electron chi connectivity index (χ0n) is 10.4. The summed E-state index contributed by atoms with van der Waals surface area (Å²) in [5.74, 6) is 0.0764. The van der Waals surface area contributed by atoms with Crippen molar-refractivity contribution in [2.45, 2.75) is 50.5 Å². The molecule has 3 rings (SSSR count). The predicted molar refractivity (Wildman–Crippen MR) is 67.9 cm³/mol. The van der Waals surface area contributed by atoms with Crippen LogP contribution in [0.25, 0.3) is 0 Å². The molecule has 0 amide bonds. The Labute approximate surface area is 107 Å². The molecule has 1 N–H and O–H groups in total. The second kappa shape index (κ2) is 4.30. The van der Waals surface area contributed by atoms with E-state index in [9.17, 15) is 4.79 Å². The van der Waals surface area contributed by atoms with Crippen molar-refractivity contribution in [1.29, 1.82) is 0 Å². The molecule has 0 bridgehead atoms. The lowest BCUT2D eigenvalue weighted by molar-refractivity contribution is -0.144. The molecule has 2 aliphatic carbocycles. The maximum absolute atomic E-state index is 10.9. The van der Waals surface area contributed by atoms with Crippen molar-refractivity contribution in [2.24, 2.45) is 0 Å². The number of aliphatic carboxylic acids is 1. The molecular weight excluding hydrogens is 228 g/mol. The number of rotatable bonds is 4. The van der Waals surface area contributed by atoms with Gasteiger partial charge in [-0.1, -0.05) is 6.07 Å². The van der Waals surface area contributed by atoms with E-state index >= 15 is 0 Å². The molecule has 1 aromatic rings. The Morgan fingerprint density at radius 2 is 2.00 bits per heavy atom. The number of hydrogen-bond acceptors (Lipinski definition) is 2. The molecule has 0 radical (unpaired) electrons. The van der Waals surface area contributed by atoms with Gasteiger partial charge >= 0.3 is 5.97 Å². The summed E-state index contributed by atoms with van der Waals surface area (Å²) in [6.45, 7) is 0. The lowest BCUT2D eigenvalue weighted by Gasteiger charge is -2.40. The minimum atomic E-state index is -0.768. The fraction of sp³-hybridized carbons (Fsp3) is 0.533. The van der Waals surface area contributed by atoms with Crippen molar-refractivity contribution >= 4 is 5.97 Å². The number of fused-ring (bicyclic) bond motifs is 1. The van der Waals surface area contributed by atoms with E-state index in [1.54, 1.807) is 0 Å². The van der Waals surface area contributed by atoms with E-state index in [0.717, 1.165) is 37.9 Å². The van der Waals surface area contributed by atoms with Gasteiger partial charge in [0.25, 0.3) is 0 Å². The predicted octanol–water partition coefficient (Wildman–Crippen LogP) is 2.95. The van der Waals surface area contributed by atoms with E-state index in [4.69, 9.17) is 9.84 Å². The Balaban J connectivity index is 1.77. The van der Waals surface area contributed by atoms with E-state index in [1.807, 2.05) is 6.07 Å². The number of aryl methyl sites for hydroxylation is 2. The van der Waals surface area contributed by atoms with Crippen LogP contribution in [0.3, 0.4) is 0 Å². The summed E-state index contributed by atoms with van der Waals surface area (Å²) in [5.41, 5.74) is 2.35. The topological polar surface area (TPSA) is 46.5 Å². The largest absolute Gasteiger partial charge is 0.487 e. The van der Waals surface area contributed by atoms with Crippen LogP contribution in [0, 0.1) is 0 Å². The van der Waals surface area contributed by atoms with Gasteiger partial charge in [-0.3, -0.25) is 4.79 Å². The highest BCUT2D eigenvalue weighted by Crippen LogP contribution is 2.40. The van der Waals surface area contributed by atoms with Gasteiger partial charge in [0.15, 0.2) is 0 Å². The van der Waals surface area contributed by atoms with E-state index in [1.165, 1.54) is 17.5 Å². The maximum Gasteiger partial charge on any atom is 0.307 e. The summed E-state index contributed by atoms with van der Waals surface area (Å²) in [4.78, 5) is 10.9. The molecule has 1 fully saturated rings. The summed E-state index contributed by atoms with van der Waals surface area (Å²) in [5, 5.41) is 8.97. The lowest BCUT2D eigenvalue weighted by Crippen LogP contribution is -2.45. The Hall–Kier alpha value is -1.51. The molecule has 2 aliphatic rings. The van der Waals surface area contributed by atoms with Crippen molar-refractivity contribution in [3.8, 4) is 5.75 Å². The number of carboxylic acid groups (broad SMARTS) is 1. The molecule has 1 saturated carbocycles. The Kier molecular flexibility index (Phi) is 2.77. The zero-order valence-corrected chi connectivity index (χ0v) is 10.4. The SMILES string of the molecule is O=C(O)CC1(Oc2ccc3c(c2)CCC3)CCC1. The molecule has 0 heterocycles. The zero-order chi connectivity index (χ0) is 12.6. The van der Waals surface area contributed by atoms with Crippen LogP contribution in [-0.2, 0) is 17.6 Å². The van der Waals surface area contributed by atoms with Gasteiger partial charge in [0, 0.05) is 0 Å². The van der Waals surface area contributed by atoms with Crippen LogP contribution >= 0.6 is 0 Å². The fourth-order valence-corrected chi connectivity index (χ4v) is 3.02. The highest BCUT2D eigenvalue weighted by atomic mass is 16.5. The highest BCUT2D eigenvalue weighted by molar-refractivity contribution is 5.68. The van der Waals surface area contributed by atoms with Crippen molar-refractivity contribution in [2.75, 3.05) is 0 Å². The summed E-state index contributed by atoms with van der Waals surface area (Å²) in [6.07, 6.45) is 6.41. The minimum Gasteiger partial charge on any atom is -0.487 e. The first-order chi connectivity index (χ1) is 8.67. The monoisotopic (exact) mass is 246 g/mol. The standard InChI is InChI=1S/C15H18O3/c16-14(17)10-15(7-2-8-15)18-13-6-5-11-3-1-4-12(11)9-13/h5-6,9H,1-4,7-8,10H2,(H,16,17). The number of carboxylic acids is 1. The van der Waals surface area contributed by atoms with Crippen molar-refractivity contribution in [3.05, 3.63) is 29.3 Å². The van der Waals surface area contributed by atoms with Crippen LogP contribution < -0.4 is 4.74 Å². The van der Waals surface area contributed by atoms with Gasteiger partial charge < -0.3 is 9.84 Å². The summed E-state index contributed by atoms with van der Waals surface area (Å²) in [7, 11) is 0. The second-order valence-corrected chi connectivity index (χ2v) is 5.49. The van der Waals surface area contributed by atoms with Crippen molar-refractivity contribution in [3.63, 3.8) is 0 Å². The molecule has 0 saturated heterocycles. The highest BCUT2D eigenvalue weighted by Gasteiger charge is 2.41. The molecule has 18 heavy (non-hydrogen) atoms. The summed E-state index contributed by atoms with van der Waals surface area (Å²) >= 11 is 0. The molecule has 3 nitrogen and oxygen atoms in total. The number of carbonyl (C=O) groups is 1. The first kappa shape index (κ1) is 11.6. The van der Waals surface area contributed by atoms with Gasteiger partial charge in [-0.05, 0) is 61.8 Å². The summed E-state index contributed by atoms with van der Waals surface area (Å²) < 4.78 is 5.99. The van der Waals surface area contributed by atoms with Crippen molar-refractivity contribution in [1.82, 2.24) is 0 Å². The smallest absolute Gasteiger partial charge is 0.307 e. The molecule has 1 aromatic carbocycles. The quantitative estimate of drug-likeness (QED) is 0.888. The van der Waals surface area contributed by atoms with Crippen LogP contribution in [0.5, 0.6) is 5.75 Å². The van der Waals surface area contributed by atoms with Crippen LogP contribution in [0.1, 0.15) is 43.2 Å². The maximum atomic E-state index is 10.9. The van der Waals surface area contributed by atoms with E-state index in [0.29, 0.717) is 0 Å². The number of hydrogen-bond donors (Lipinski definition) is 1. The van der Waals surface area contributed by atoms with Gasteiger partial charge in [0.2, 0.25) is 0 Å². The fourth-order valence-electron chi connectivity index (χ4n) is 3.02. The molecule has 0 aliphatic heterocycles. The van der Waals surface area contributed by atoms with E-state index < -0.39 is 11.6 Å². The Morgan fingerprint density at radius 3 is 2.67 bits per heavy atom. The van der Waals surface area contributed by atoms with Crippen LogP contribution in [-0.4, -0.2) is 16.7 Å². The van der Waals surface area contributed by atoms with Crippen molar-refractivity contribution < 1.29 is 14.6 Å². The van der Waals surface area contributed by atoms with Crippen LogP contribution in [0.15, 0.2) is 18.2 Å². The normalized spacial score (nSPS) is 20.0. The molecule has 0 aromatic heterocycles. The second-order valence-electron chi connectivity index (χ2n) is 5.49. The Bertz CT molecular complexity index is 475. The molecule has 96 valence electrons. The molecular formula is C15H18O3. The Morgan fingerprint density at radius 1 is 1.22 bits per heavy atom. The van der Waals surface area contributed by atoms with Gasteiger partial charge in [-0.25, -0.2) is 0 Å². The molecule has 0 atom stereocenters. The van der Waals surface area contributed by atoms with Gasteiger partial charge in [0.1, 0.15) is 11.4 Å². The third-order valence-electron chi connectivity index (χ3n) is 4.14. The average molecular weight is 246 g/mol. The summed E-state index contributed by atoms with van der Waals surface area (Å²) in [6, 6.07) is 6.22. The number of ether oxygens (including phenoxy) is 1. The lowest BCUT2D eigenvalue weighted by atomic mass is 9.77. The van der Waals surface area contributed by atoms with Crippen LogP contribution in [0.4, 0.5) is 0 Å². The minimum absolute atomic E-state index is 0.115. The average Bonchev–Trinajstić information content (AvgIpc) is 2.72. The molecule has 0 unspecified atom stereocenters. The van der Waals surface area contributed by atoms with E-state index in [-0.39, 0.29) is 6.42 Å². The van der Waals surface area contributed by atoms with Gasteiger partial charge in [-0.15, -0.1) is 0 Å².